The van der Waals surface area contributed by atoms with Crippen molar-refractivity contribution in [2.24, 2.45) is 4.99 Å². The lowest BCUT2D eigenvalue weighted by molar-refractivity contribution is -0.138. The maximum atomic E-state index is 13.8. The first kappa shape index (κ1) is 19.4. The van der Waals surface area contributed by atoms with E-state index in [4.69, 9.17) is 14.5 Å². The molecule has 0 bridgehead atoms. The highest BCUT2D eigenvalue weighted by Crippen LogP contribution is 2.62. The molecule has 3 aromatic rings. The molecule has 0 radical (unpaired) electrons. The van der Waals surface area contributed by atoms with Crippen molar-refractivity contribution in [3.63, 3.8) is 0 Å². The van der Waals surface area contributed by atoms with Crippen LogP contribution in [0.4, 0.5) is 13.2 Å². The number of nitrogens with zero attached hydrogens (tertiary/aromatic N) is 1. The number of aliphatic imine (C=N–C) groups is 1. The van der Waals surface area contributed by atoms with Crippen LogP contribution in [-0.2, 0) is 22.2 Å². The zero-order valence-corrected chi connectivity index (χ0v) is 17.9. The first-order chi connectivity index (χ1) is 14.3. The van der Waals surface area contributed by atoms with E-state index in [1.54, 1.807) is 29.5 Å². The fourth-order valence-corrected chi connectivity index (χ4v) is 5.06. The first-order valence-corrected chi connectivity index (χ1v) is 10.3. The van der Waals surface area contributed by atoms with Gasteiger partial charge in [0.25, 0.3) is 5.72 Å². The van der Waals surface area contributed by atoms with Crippen LogP contribution in [0.5, 0.6) is 5.75 Å². The SMILES string of the molecule is CC1=N[C@]2(c3ccccc3)Oc3cc(I)c(C(F)(F)F)cc3[C@]2(c2ccccc2)O1. The van der Waals surface area contributed by atoms with Crippen LogP contribution in [-0.4, -0.2) is 5.90 Å². The fourth-order valence-electron chi connectivity index (χ4n) is 4.31. The maximum Gasteiger partial charge on any atom is 0.417 e. The molecule has 5 rings (SSSR count). The van der Waals surface area contributed by atoms with Gasteiger partial charge in [-0.2, -0.15) is 13.2 Å². The minimum absolute atomic E-state index is 0.0611. The van der Waals surface area contributed by atoms with E-state index >= 15 is 0 Å². The summed E-state index contributed by atoms with van der Waals surface area (Å²) in [6.45, 7) is 1.69. The highest BCUT2D eigenvalue weighted by molar-refractivity contribution is 14.1. The molecule has 0 saturated carbocycles. The zero-order chi connectivity index (χ0) is 21.1. The number of hydrogen-bond acceptors (Lipinski definition) is 3. The predicted octanol–water partition coefficient (Wildman–Crippen LogP) is 6.25. The minimum atomic E-state index is -4.50. The number of alkyl halides is 3. The summed E-state index contributed by atoms with van der Waals surface area (Å²) in [5.74, 6) is 0.678. The van der Waals surface area contributed by atoms with Gasteiger partial charge < -0.3 is 9.47 Å². The van der Waals surface area contributed by atoms with Crippen LogP contribution in [0.15, 0.2) is 77.8 Å². The lowest BCUT2D eigenvalue weighted by atomic mass is 9.76. The Morgan fingerprint density at radius 3 is 2.07 bits per heavy atom. The van der Waals surface area contributed by atoms with Gasteiger partial charge in [0.05, 0.1) is 5.56 Å². The van der Waals surface area contributed by atoms with Crippen LogP contribution in [0.25, 0.3) is 0 Å². The normalized spacial score (nSPS) is 24.5. The number of rotatable bonds is 2. The third kappa shape index (κ3) is 2.54. The Morgan fingerprint density at radius 1 is 0.867 bits per heavy atom. The molecule has 2 aliphatic rings. The lowest BCUT2D eigenvalue weighted by Crippen LogP contribution is -2.46. The van der Waals surface area contributed by atoms with Crippen molar-refractivity contribution in [2.45, 2.75) is 24.4 Å². The molecule has 7 heteroatoms. The van der Waals surface area contributed by atoms with Crippen molar-refractivity contribution in [3.05, 3.63) is 98.6 Å². The molecule has 2 atom stereocenters. The molecule has 0 aromatic heterocycles. The lowest BCUT2D eigenvalue weighted by Gasteiger charge is -2.36. The third-order valence-electron chi connectivity index (χ3n) is 5.45. The molecule has 0 fully saturated rings. The minimum Gasteiger partial charge on any atom is -0.458 e. The average molecular weight is 521 g/mol. The van der Waals surface area contributed by atoms with Gasteiger partial charge in [-0.1, -0.05) is 60.7 Å². The van der Waals surface area contributed by atoms with Gasteiger partial charge in [0.1, 0.15) is 5.75 Å². The molecule has 0 spiro atoms. The molecule has 2 heterocycles. The van der Waals surface area contributed by atoms with Crippen LogP contribution in [0, 0.1) is 3.57 Å². The van der Waals surface area contributed by atoms with Crippen molar-refractivity contribution in [1.82, 2.24) is 0 Å². The topological polar surface area (TPSA) is 30.8 Å². The number of hydrogen-bond donors (Lipinski definition) is 0. The quantitative estimate of drug-likeness (QED) is 0.374. The van der Waals surface area contributed by atoms with Gasteiger partial charge in [-0.3, -0.25) is 0 Å². The second kappa shape index (κ2) is 6.47. The third-order valence-corrected chi connectivity index (χ3v) is 6.34. The summed E-state index contributed by atoms with van der Waals surface area (Å²) < 4.78 is 54.1. The molecule has 0 unspecified atom stereocenters. The highest BCUT2D eigenvalue weighted by atomic mass is 127. The Balaban J connectivity index is 1.88. The van der Waals surface area contributed by atoms with E-state index in [9.17, 15) is 13.2 Å². The molecular weight excluding hydrogens is 506 g/mol. The molecule has 152 valence electrons. The van der Waals surface area contributed by atoms with E-state index in [2.05, 4.69) is 0 Å². The molecule has 2 aliphatic heterocycles. The van der Waals surface area contributed by atoms with Gasteiger partial charge in [-0.25, -0.2) is 4.99 Å². The Bertz CT molecular complexity index is 1160. The van der Waals surface area contributed by atoms with Gasteiger partial charge >= 0.3 is 6.18 Å². The molecule has 0 aliphatic carbocycles. The Morgan fingerprint density at radius 2 is 1.47 bits per heavy atom. The van der Waals surface area contributed by atoms with Gasteiger partial charge in [-0.15, -0.1) is 0 Å². The summed E-state index contributed by atoms with van der Waals surface area (Å²) in [7, 11) is 0. The van der Waals surface area contributed by atoms with Gasteiger partial charge in [0.15, 0.2) is 5.90 Å². The highest BCUT2D eigenvalue weighted by Gasteiger charge is 2.69. The van der Waals surface area contributed by atoms with Crippen molar-refractivity contribution in [3.8, 4) is 5.75 Å². The van der Waals surface area contributed by atoms with Crippen molar-refractivity contribution in [1.29, 1.82) is 0 Å². The molecule has 3 aromatic carbocycles. The van der Waals surface area contributed by atoms with Crippen molar-refractivity contribution >= 4 is 28.5 Å². The maximum absolute atomic E-state index is 13.8. The number of benzene rings is 3. The van der Waals surface area contributed by atoms with Crippen molar-refractivity contribution in [2.75, 3.05) is 0 Å². The Kier molecular flexibility index (Phi) is 4.19. The van der Waals surface area contributed by atoms with E-state index in [1.165, 1.54) is 6.07 Å². The van der Waals surface area contributed by atoms with Crippen LogP contribution >= 0.6 is 22.6 Å². The van der Waals surface area contributed by atoms with Gasteiger partial charge in [0.2, 0.25) is 5.60 Å². The monoisotopic (exact) mass is 521 g/mol. The summed E-state index contributed by atoms with van der Waals surface area (Å²) in [4.78, 5) is 4.73. The van der Waals surface area contributed by atoms with Crippen LogP contribution in [0.2, 0.25) is 0 Å². The average Bonchev–Trinajstić information content (AvgIpc) is 3.15. The second-order valence-electron chi connectivity index (χ2n) is 7.22. The van der Waals surface area contributed by atoms with E-state index in [0.29, 0.717) is 28.3 Å². The molecule has 30 heavy (non-hydrogen) atoms. The second-order valence-corrected chi connectivity index (χ2v) is 8.38. The summed E-state index contributed by atoms with van der Waals surface area (Å²) in [6.07, 6.45) is -4.50. The number of halogens is 4. The van der Waals surface area contributed by atoms with Crippen LogP contribution in [0.3, 0.4) is 0 Å². The van der Waals surface area contributed by atoms with Crippen LogP contribution in [0.1, 0.15) is 29.2 Å². The van der Waals surface area contributed by atoms with E-state index in [-0.39, 0.29) is 3.57 Å². The summed E-state index contributed by atoms with van der Waals surface area (Å²) >= 11 is 1.69. The fraction of sp³-hybridized carbons (Fsp3) is 0.174. The molecular formula is C23H15F3INO2. The van der Waals surface area contributed by atoms with Crippen LogP contribution < -0.4 is 4.74 Å². The largest absolute Gasteiger partial charge is 0.458 e. The van der Waals surface area contributed by atoms with Gasteiger partial charge in [-0.05, 0) is 34.7 Å². The Hall–Kier alpha value is -2.55. The standard InChI is InChI=1S/C23H15F3INO2/c1-14-28-22(16-10-6-3-7-11-16)21(29-14,15-8-4-2-5-9-15)18-12-17(23(24,25)26)19(27)13-20(18)30-22/h2-13H,1H3/t21-,22+/m0/s1. The predicted molar refractivity (Wildman–Crippen MR) is 114 cm³/mol. The zero-order valence-electron chi connectivity index (χ0n) is 15.7. The molecule has 0 N–H and O–H groups in total. The van der Waals surface area contributed by atoms with E-state index < -0.39 is 23.1 Å². The van der Waals surface area contributed by atoms with E-state index in [1.807, 2.05) is 60.7 Å². The smallest absolute Gasteiger partial charge is 0.417 e. The van der Waals surface area contributed by atoms with Gasteiger partial charge in [0, 0.05) is 27.2 Å². The first-order valence-electron chi connectivity index (χ1n) is 9.25. The summed E-state index contributed by atoms with van der Waals surface area (Å²) in [5.41, 5.74) is -1.79. The summed E-state index contributed by atoms with van der Waals surface area (Å²) in [5, 5.41) is 0. The molecule has 0 amide bonds. The molecule has 0 saturated heterocycles. The Labute approximate surface area is 184 Å². The summed E-state index contributed by atoms with van der Waals surface area (Å²) in [6, 6.07) is 21.0. The van der Waals surface area contributed by atoms with Crippen molar-refractivity contribution < 1.29 is 22.6 Å². The molecule has 3 nitrogen and oxygen atoms in total. The number of fused-ring (bicyclic) bond motifs is 3. The number of ether oxygens (including phenoxy) is 2. The van der Waals surface area contributed by atoms with E-state index in [0.717, 1.165) is 6.07 Å².